The van der Waals surface area contributed by atoms with Gasteiger partial charge in [-0.15, -0.1) is 0 Å². The van der Waals surface area contributed by atoms with Gasteiger partial charge in [-0.25, -0.2) is 0 Å². The molecule has 2 rings (SSSR count). The van der Waals surface area contributed by atoms with Crippen molar-refractivity contribution in [3.8, 4) is 0 Å². The summed E-state index contributed by atoms with van der Waals surface area (Å²) in [5.74, 6) is 0. The molecule has 2 radical (unpaired) electrons. The minimum absolute atomic E-state index is 0. The average molecular weight is 542 g/mol. The molecule has 0 nitrogen and oxygen atoms in total. The van der Waals surface area contributed by atoms with Crippen molar-refractivity contribution in [2.24, 2.45) is 0 Å². The van der Waals surface area contributed by atoms with Gasteiger partial charge in [0, 0.05) is 65.4 Å². The van der Waals surface area contributed by atoms with E-state index in [1.165, 1.54) is 11.1 Å². The van der Waals surface area contributed by atoms with Gasteiger partial charge in [-0.1, -0.05) is 13.8 Å². The van der Waals surface area contributed by atoms with E-state index in [1.807, 2.05) is 38.1 Å². The van der Waals surface area contributed by atoms with Gasteiger partial charge in [0.2, 0.25) is 0 Å². The van der Waals surface area contributed by atoms with Crippen LogP contribution in [0.2, 0.25) is 0 Å². The Bertz CT molecular complexity index is 312. The van der Waals surface area contributed by atoms with Gasteiger partial charge < -0.3 is 36.4 Å². The van der Waals surface area contributed by atoms with Gasteiger partial charge in [0.15, 0.2) is 0 Å². The molecule has 82 valence electrons. The van der Waals surface area contributed by atoms with E-state index in [0.29, 0.717) is 0 Å². The Morgan fingerprint density at radius 3 is 1.24 bits per heavy atom. The maximum atomic E-state index is 2.98. The third-order valence-electron chi connectivity index (χ3n) is 1.63. The fraction of sp³-hybridized carbons (Fsp3) is 0.143. The predicted molar refractivity (Wildman–Crippen MR) is 57.7 cm³/mol. The number of hydrogen-bond acceptors (Lipinski definition) is 0. The van der Waals surface area contributed by atoms with Gasteiger partial charge in [0.1, 0.15) is 0 Å². The van der Waals surface area contributed by atoms with E-state index < -0.39 is 0 Å². The molecule has 0 spiro atoms. The summed E-state index contributed by atoms with van der Waals surface area (Å²) in [6.45, 7) is 4.02. The summed E-state index contributed by atoms with van der Waals surface area (Å²) in [5, 5.41) is 0. The van der Waals surface area contributed by atoms with E-state index in [4.69, 9.17) is 0 Å². The van der Waals surface area contributed by atoms with Gasteiger partial charge in [0.25, 0.3) is 0 Å². The summed E-state index contributed by atoms with van der Waals surface area (Å²) < 4.78 is 0. The van der Waals surface area contributed by atoms with E-state index in [-0.39, 0.29) is 86.5 Å². The first kappa shape index (κ1) is 23.4. The third-order valence-corrected chi connectivity index (χ3v) is 1.63. The standard InChI is InChI=1S/2C7H6.W.2Y/c2*1-7-5-3-2-4-6-7;;;/h2*3-5H,1H3;;;/q2*-2;+2;;. The zero-order valence-corrected chi connectivity index (χ0v) is 18.6. The molecule has 0 bridgehead atoms. The summed E-state index contributed by atoms with van der Waals surface area (Å²) >= 11 is 0. The molecule has 0 unspecified atom stereocenters. The van der Waals surface area contributed by atoms with Gasteiger partial charge in [-0.3, -0.25) is 35.4 Å². The summed E-state index contributed by atoms with van der Waals surface area (Å²) in [6, 6.07) is 23.0. The van der Waals surface area contributed by atoms with Crippen LogP contribution in [-0.2, 0) is 86.5 Å². The Kier molecular flexibility index (Phi) is 21.2. The largest absolute Gasteiger partial charge is 2.00 e. The van der Waals surface area contributed by atoms with Crippen LogP contribution in [0.5, 0.6) is 0 Å². The van der Waals surface area contributed by atoms with E-state index in [9.17, 15) is 0 Å². The van der Waals surface area contributed by atoms with Crippen molar-refractivity contribution in [1.82, 2.24) is 0 Å². The molecule has 17 heavy (non-hydrogen) atoms. The van der Waals surface area contributed by atoms with Crippen molar-refractivity contribution in [3.63, 3.8) is 0 Å². The zero-order valence-electron chi connectivity index (χ0n) is 10.0. The molecule has 0 atom stereocenters. The molecule has 0 aliphatic rings. The first-order valence-electron chi connectivity index (χ1n) is 4.48. The average Bonchev–Trinajstić information content (AvgIpc) is 2.21. The molecule has 2 aromatic rings. The molecule has 0 saturated carbocycles. The number of rotatable bonds is 0. The van der Waals surface area contributed by atoms with Crippen molar-refractivity contribution in [2.45, 2.75) is 13.8 Å². The third kappa shape index (κ3) is 13.6. The topological polar surface area (TPSA) is 0 Å². The molecule has 0 heterocycles. The second kappa shape index (κ2) is 15.4. The molecule has 0 saturated heterocycles. The van der Waals surface area contributed by atoms with E-state index in [0.717, 1.165) is 0 Å². The van der Waals surface area contributed by atoms with Crippen LogP contribution in [0.15, 0.2) is 36.4 Å². The van der Waals surface area contributed by atoms with Crippen LogP contribution in [0.4, 0.5) is 0 Å². The predicted octanol–water partition coefficient (Wildman–Crippen LogP) is 3.18. The van der Waals surface area contributed by atoms with Crippen LogP contribution in [0.1, 0.15) is 11.1 Å². The monoisotopic (exact) mass is 542 g/mol. The minimum atomic E-state index is 0. The Morgan fingerprint density at radius 2 is 1.12 bits per heavy atom. The molecule has 0 aromatic heterocycles. The van der Waals surface area contributed by atoms with E-state index in [1.54, 1.807) is 12.1 Å². The molecule has 2 aromatic carbocycles. The minimum Gasteiger partial charge on any atom is -0.359 e. The van der Waals surface area contributed by atoms with E-state index >= 15 is 0 Å². The second-order valence-corrected chi connectivity index (χ2v) is 2.94. The Morgan fingerprint density at radius 1 is 0.765 bits per heavy atom. The van der Waals surface area contributed by atoms with Gasteiger partial charge in [-0.05, 0) is 0 Å². The summed E-state index contributed by atoms with van der Waals surface area (Å²) in [4.78, 5) is 0. The number of benzene rings is 2. The van der Waals surface area contributed by atoms with Crippen LogP contribution >= 0.6 is 0 Å². The zero-order chi connectivity index (χ0) is 10.2. The van der Waals surface area contributed by atoms with Crippen LogP contribution < -0.4 is 0 Å². The molecule has 0 fully saturated rings. The molecular formula is C14H12WY2-2. The fourth-order valence-corrected chi connectivity index (χ4v) is 0.850. The molecule has 0 N–H and O–H groups in total. The Balaban J connectivity index is -0.000000196. The van der Waals surface area contributed by atoms with Crippen LogP contribution in [0.3, 0.4) is 0 Å². The van der Waals surface area contributed by atoms with Crippen molar-refractivity contribution >= 4 is 0 Å². The van der Waals surface area contributed by atoms with Crippen molar-refractivity contribution < 1.29 is 86.5 Å². The van der Waals surface area contributed by atoms with Gasteiger partial charge in [0.05, 0.1) is 0 Å². The fourth-order valence-electron chi connectivity index (χ4n) is 0.850. The summed E-state index contributed by atoms with van der Waals surface area (Å²) in [7, 11) is 0. The van der Waals surface area contributed by atoms with Crippen molar-refractivity contribution in [3.05, 3.63) is 71.8 Å². The second-order valence-electron chi connectivity index (χ2n) is 2.94. The maximum absolute atomic E-state index is 2.98. The number of aryl methyl sites for hydroxylation is 2. The summed E-state index contributed by atoms with van der Waals surface area (Å²) in [6.07, 6.45) is 0. The molecular weight excluding hydrogens is 530 g/mol. The molecule has 3 heteroatoms. The van der Waals surface area contributed by atoms with Gasteiger partial charge in [-0.2, -0.15) is 0 Å². The van der Waals surface area contributed by atoms with Crippen molar-refractivity contribution in [1.29, 1.82) is 0 Å². The Hall–Kier alpha value is 1.34. The normalized spacial score (nSPS) is 7.18. The van der Waals surface area contributed by atoms with Crippen LogP contribution in [-0.4, -0.2) is 0 Å². The molecule has 0 amide bonds. The Labute approximate surface area is 169 Å². The molecule has 0 aliphatic carbocycles. The van der Waals surface area contributed by atoms with Crippen LogP contribution in [0.25, 0.3) is 0 Å². The van der Waals surface area contributed by atoms with E-state index in [2.05, 4.69) is 24.3 Å². The first-order valence-corrected chi connectivity index (χ1v) is 4.48. The van der Waals surface area contributed by atoms with Crippen molar-refractivity contribution in [2.75, 3.05) is 0 Å². The smallest absolute Gasteiger partial charge is 0.359 e. The maximum Gasteiger partial charge on any atom is 2.00 e. The SMILES string of the molecule is Cc1[c-]c[c-]cc1.Cc1[c-]c[c-]cc1.[W+2].[Y].[Y]. The molecule has 0 aliphatic heterocycles. The number of hydrogen-bond donors (Lipinski definition) is 0. The summed E-state index contributed by atoms with van der Waals surface area (Å²) in [5.41, 5.74) is 2.33. The van der Waals surface area contributed by atoms with Crippen LogP contribution in [0, 0.1) is 38.1 Å². The first-order chi connectivity index (χ1) is 6.79. The quantitative estimate of drug-likeness (QED) is 0.450. The van der Waals surface area contributed by atoms with Gasteiger partial charge >= 0.3 is 21.1 Å².